The Labute approximate surface area is 154 Å². The topological polar surface area (TPSA) is 85.2 Å². The van der Waals surface area contributed by atoms with E-state index >= 15 is 0 Å². The van der Waals surface area contributed by atoms with Gasteiger partial charge >= 0.3 is 6.09 Å². The summed E-state index contributed by atoms with van der Waals surface area (Å²) in [6, 6.07) is 0.0862. The second-order valence-corrected chi connectivity index (χ2v) is 7.80. The number of rotatable bonds is 2. The molecule has 3 heterocycles. The summed E-state index contributed by atoms with van der Waals surface area (Å²) in [4.78, 5) is 22.6. The predicted octanol–water partition coefficient (Wildman–Crippen LogP) is 2.65. The van der Waals surface area contributed by atoms with E-state index in [1.807, 2.05) is 32.5 Å². The number of carbonyl (C=O) groups is 1. The number of nitrogens with zero attached hydrogens (tertiary/aromatic N) is 5. The van der Waals surface area contributed by atoms with Gasteiger partial charge in [-0.1, -0.05) is 0 Å². The van der Waals surface area contributed by atoms with Crippen LogP contribution in [0.5, 0.6) is 0 Å². The first-order valence-corrected chi connectivity index (χ1v) is 8.92. The number of anilines is 1. The first-order valence-electron chi connectivity index (χ1n) is 7.84. The fraction of sp³-hybridized carbons (Fsp3) is 0.600. The van der Waals surface area contributed by atoms with Crippen LogP contribution in [0.2, 0.25) is 0 Å². The van der Waals surface area contributed by atoms with Crippen LogP contribution in [0.3, 0.4) is 0 Å². The van der Waals surface area contributed by atoms with Crippen LogP contribution in [0, 0.1) is 3.70 Å². The molecule has 1 aliphatic heterocycles. The molecule has 0 radical (unpaired) electrons. The number of aromatic nitrogens is 4. The highest BCUT2D eigenvalue weighted by Crippen LogP contribution is 2.30. The lowest BCUT2D eigenvalue weighted by atomic mass is 10.2. The summed E-state index contributed by atoms with van der Waals surface area (Å²) in [7, 11) is 1.83. The van der Waals surface area contributed by atoms with Gasteiger partial charge in [0.05, 0.1) is 11.4 Å². The maximum Gasteiger partial charge on any atom is 0.410 e. The van der Waals surface area contributed by atoms with Crippen molar-refractivity contribution in [3.05, 3.63) is 10.0 Å². The van der Waals surface area contributed by atoms with Gasteiger partial charge in [0, 0.05) is 20.1 Å². The van der Waals surface area contributed by atoms with E-state index in [1.165, 1.54) is 6.33 Å². The van der Waals surface area contributed by atoms with Crippen molar-refractivity contribution in [3.8, 4) is 0 Å². The van der Waals surface area contributed by atoms with Gasteiger partial charge in [-0.3, -0.25) is 0 Å². The minimum absolute atomic E-state index is 0.0862. The highest BCUT2D eigenvalue weighted by molar-refractivity contribution is 14.1. The Hall–Kier alpha value is -1.65. The zero-order chi connectivity index (χ0) is 17.5. The third-order valence-corrected chi connectivity index (χ3v) is 4.60. The summed E-state index contributed by atoms with van der Waals surface area (Å²) in [6.07, 6.45) is 2.08. The number of fused-ring (bicyclic) bond motifs is 1. The minimum atomic E-state index is -0.488. The van der Waals surface area contributed by atoms with Gasteiger partial charge in [0.2, 0.25) is 0 Å². The van der Waals surface area contributed by atoms with Crippen LogP contribution >= 0.6 is 22.6 Å². The monoisotopic (exact) mass is 444 g/mol. The number of carbonyl (C=O) groups excluding carboxylic acids is 1. The predicted molar refractivity (Wildman–Crippen MR) is 99.0 cm³/mol. The molecule has 1 N–H and O–H groups in total. The standard InChI is InChI=1S/C15H21IN6O2/c1-15(2,3)24-14(23)21-6-5-9(7-21)22-13-10(11(16)20-22)12(17-4)18-8-19-13/h8-9H,5-7H2,1-4H3,(H,17,18,19)/t9-/m0/s1. The van der Waals surface area contributed by atoms with Crippen molar-refractivity contribution in [2.75, 3.05) is 25.5 Å². The van der Waals surface area contributed by atoms with E-state index in [1.54, 1.807) is 4.90 Å². The molecular formula is C15H21IN6O2. The molecule has 1 atom stereocenters. The van der Waals surface area contributed by atoms with Crippen molar-refractivity contribution in [1.82, 2.24) is 24.6 Å². The fourth-order valence-corrected chi connectivity index (χ4v) is 3.54. The smallest absolute Gasteiger partial charge is 0.410 e. The van der Waals surface area contributed by atoms with Crippen molar-refractivity contribution in [2.24, 2.45) is 0 Å². The Bertz CT molecular complexity index is 769. The second-order valence-electron chi connectivity index (χ2n) is 6.78. The number of likely N-dealkylation sites (tertiary alicyclic amines) is 1. The van der Waals surface area contributed by atoms with Crippen molar-refractivity contribution in [3.63, 3.8) is 0 Å². The SMILES string of the molecule is CNc1ncnc2c1c(I)nn2[C@H]1CCN(C(=O)OC(C)(C)C)C1. The molecule has 24 heavy (non-hydrogen) atoms. The molecular weight excluding hydrogens is 423 g/mol. The molecule has 8 nitrogen and oxygen atoms in total. The zero-order valence-corrected chi connectivity index (χ0v) is 16.4. The Morgan fingerprint density at radius 3 is 2.83 bits per heavy atom. The lowest BCUT2D eigenvalue weighted by Crippen LogP contribution is -2.35. The molecule has 2 aromatic rings. The molecule has 1 aliphatic rings. The van der Waals surface area contributed by atoms with Gasteiger partial charge < -0.3 is 15.0 Å². The Balaban J connectivity index is 1.84. The summed E-state index contributed by atoms with van der Waals surface area (Å²) < 4.78 is 8.21. The summed E-state index contributed by atoms with van der Waals surface area (Å²) in [5.74, 6) is 0.762. The van der Waals surface area contributed by atoms with Gasteiger partial charge in [0.15, 0.2) is 5.65 Å². The molecule has 1 fully saturated rings. The van der Waals surface area contributed by atoms with Crippen LogP contribution < -0.4 is 5.32 Å². The van der Waals surface area contributed by atoms with Gasteiger partial charge in [0.25, 0.3) is 0 Å². The van der Waals surface area contributed by atoms with E-state index in [-0.39, 0.29) is 12.1 Å². The van der Waals surface area contributed by atoms with E-state index in [0.717, 1.165) is 27.0 Å². The summed E-state index contributed by atoms with van der Waals surface area (Å²) in [5.41, 5.74) is 0.299. The highest BCUT2D eigenvalue weighted by Gasteiger charge is 2.32. The normalized spacial score (nSPS) is 18.2. The summed E-state index contributed by atoms with van der Waals surface area (Å²) in [6.45, 7) is 6.84. The first kappa shape index (κ1) is 17.2. The largest absolute Gasteiger partial charge is 0.444 e. The lowest BCUT2D eigenvalue weighted by molar-refractivity contribution is 0.0288. The number of nitrogens with one attached hydrogen (secondary N) is 1. The number of halogens is 1. The van der Waals surface area contributed by atoms with Crippen LogP contribution in [-0.4, -0.2) is 56.5 Å². The van der Waals surface area contributed by atoms with Crippen molar-refractivity contribution < 1.29 is 9.53 Å². The molecule has 0 aliphatic carbocycles. The van der Waals surface area contributed by atoms with E-state index in [2.05, 4.69) is 43.0 Å². The third kappa shape index (κ3) is 3.26. The van der Waals surface area contributed by atoms with Crippen molar-refractivity contribution >= 4 is 45.5 Å². The molecule has 0 saturated carbocycles. The van der Waals surface area contributed by atoms with Gasteiger partial charge in [-0.25, -0.2) is 19.4 Å². The quantitative estimate of drug-likeness (QED) is 0.718. The van der Waals surface area contributed by atoms with Gasteiger partial charge in [0.1, 0.15) is 21.4 Å². The molecule has 1 saturated heterocycles. The van der Waals surface area contributed by atoms with Crippen LogP contribution in [0.4, 0.5) is 10.6 Å². The fourth-order valence-electron chi connectivity index (χ4n) is 2.81. The van der Waals surface area contributed by atoms with Gasteiger partial charge in [-0.15, -0.1) is 0 Å². The Morgan fingerprint density at radius 1 is 1.42 bits per heavy atom. The van der Waals surface area contributed by atoms with Crippen molar-refractivity contribution in [1.29, 1.82) is 0 Å². The van der Waals surface area contributed by atoms with E-state index in [0.29, 0.717) is 13.1 Å². The molecule has 0 bridgehead atoms. The van der Waals surface area contributed by atoms with Crippen LogP contribution in [-0.2, 0) is 4.74 Å². The number of ether oxygens (including phenoxy) is 1. The van der Waals surface area contributed by atoms with Crippen LogP contribution in [0.25, 0.3) is 11.0 Å². The molecule has 1 amide bonds. The maximum atomic E-state index is 12.2. The highest BCUT2D eigenvalue weighted by atomic mass is 127. The maximum absolute atomic E-state index is 12.2. The van der Waals surface area contributed by atoms with E-state index < -0.39 is 5.60 Å². The minimum Gasteiger partial charge on any atom is -0.444 e. The molecule has 9 heteroatoms. The number of hydrogen-bond acceptors (Lipinski definition) is 6. The van der Waals surface area contributed by atoms with Gasteiger partial charge in [-0.05, 0) is 49.8 Å². The Morgan fingerprint density at radius 2 is 2.17 bits per heavy atom. The first-order chi connectivity index (χ1) is 11.3. The molecule has 2 aromatic heterocycles. The van der Waals surface area contributed by atoms with Crippen LogP contribution in [0.1, 0.15) is 33.2 Å². The summed E-state index contributed by atoms with van der Waals surface area (Å²) in [5, 5.41) is 8.62. The third-order valence-electron chi connectivity index (χ3n) is 3.84. The second kappa shape index (κ2) is 6.34. The molecule has 3 rings (SSSR count). The van der Waals surface area contributed by atoms with Crippen molar-refractivity contribution in [2.45, 2.75) is 38.8 Å². The number of amides is 1. The summed E-state index contributed by atoms with van der Waals surface area (Å²) >= 11 is 2.19. The molecule has 0 aromatic carbocycles. The average molecular weight is 444 g/mol. The Kier molecular flexibility index (Phi) is 4.54. The van der Waals surface area contributed by atoms with E-state index in [9.17, 15) is 4.79 Å². The molecule has 130 valence electrons. The zero-order valence-electron chi connectivity index (χ0n) is 14.2. The van der Waals surface area contributed by atoms with Crippen LogP contribution in [0.15, 0.2) is 6.33 Å². The van der Waals surface area contributed by atoms with Gasteiger partial charge in [-0.2, -0.15) is 5.10 Å². The average Bonchev–Trinajstić information content (AvgIpc) is 3.10. The molecule has 0 spiro atoms. The number of hydrogen-bond donors (Lipinski definition) is 1. The van der Waals surface area contributed by atoms with E-state index in [4.69, 9.17) is 4.74 Å². The molecule has 0 unspecified atom stereocenters. The lowest BCUT2D eigenvalue weighted by Gasteiger charge is -2.24.